The fourth-order valence-corrected chi connectivity index (χ4v) is 4.09. The van der Waals surface area contributed by atoms with Gasteiger partial charge in [0.15, 0.2) is 0 Å². The molecule has 1 amide bonds. The standard InChI is InChI=1S/C24H27N3O2/c1-29-20-11-9-19(10-12-20)22(27-15-5-2-6-16-27)17-26-24(28)23-21-8-4-3-7-18(21)13-14-25-23/h3-4,7-14,22H,2,5-6,15-17H2,1H3,(H,26,28). The van der Waals surface area contributed by atoms with E-state index in [0.29, 0.717) is 12.2 Å². The quantitative estimate of drug-likeness (QED) is 0.686. The van der Waals surface area contributed by atoms with Crippen molar-refractivity contribution >= 4 is 16.7 Å². The number of carbonyl (C=O) groups excluding carboxylic acids is 1. The Hall–Kier alpha value is -2.92. The Kier molecular flexibility index (Phi) is 6.06. The van der Waals surface area contributed by atoms with Crippen LogP contribution >= 0.6 is 0 Å². The molecule has 5 nitrogen and oxygen atoms in total. The number of likely N-dealkylation sites (tertiary alicyclic amines) is 1. The van der Waals surface area contributed by atoms with Gasteiger partial charge >= 0.3 is 0 Å². The number of nitrogens with one attached hydrogen (secondary N) is 1. The number of amides is 1. The van der Waals surface area contributed by atoms with Crippen molar-refractivity contribution in [1.29, 1.82) is 0 Å². The molecule has 1 aliphatic rings. The van der Waals surface area contributed by atoms with Crippen LogP contribution < -0.4 is 10.1 Å². The van der Waals surface area contributed by atoms with Gasteiger partial charge in [-0.15, -0.1) is 0 Å². The van der Waals surface area contributed by atoms with E-state index >= 15 is 0 Å². The molecule has 0 radical (unpaired) electrons. The Bertz CT molecular complexity index is 960. The monoisotopic (exact) mass is 389 g/mol. The minimum absolute atomic E-state index is 0.127. The van der Waals surface area contributed by atoms with E-state index in [2.05, 4.69) is 27.3 Å². The van der Waals surface area contributed by atoms with Crippen LogP contribution in [0.2, 0.25) is 0 Å². The highest BCUT2D eigenvalue weighted by molar-refractivity contribution is 6.05. The van der Waals surface area contributed by atoms with Crippen LogP contribution in [-0.2, 0) is 0 Å². The van der Waals surface area contributed by atoms with Crippen molar-refractivity contribution < 1.29 is 9.53 Å². The van der Waals surface area contributed by atoms with Crippen LogP contribution in [0.5, 0.6) is 5.75 Å². The average molecular weight is 389 g/mol. The van der Waals surface area contributed by atoms with Crippen molar-refractivity contribution in [3.63, 3.8) is 0 Å². The van der Waals surface area contributed by atoms with E-state index in [4.69, 9.17) is 4.74 Å². The number of fused-ring (bicyclic) bond motifs is 1. The lowest BCUT2D eigenvalue weighted by molar-refractivity contribution is 0.0921. The van der Waals surface area contributed by atoms with Gasteiger partial charge in [-0.2, -0.15) is 0 Å². The lowest BCUT2D eigenvalue weighted by atomic mass is 10.0. The van der Waals surface area contributed by atoms with Gasteiger partial charge in [0.1, 0.15) is 11.4 Å². The smallest absolute Gasteiger partial charge is 0.270 e. The van der Waals surface area contributed by atoms with Gasteiger partial charge in [-0.05, 0) is 55.1 Å². The lowest BCUT2D eigenvalue weighted by Gasteiger charge is -2.35. The van der Waals surface area contributed by atoms with Gasteiger partial charge in [0.25, 0.3) is 5.91 Å². The molecule has 150 valence electrons. The summed E-state index contributed by atoms with van der Waals surface area (Å²) in [4.78, 5) is 19.8. The van der Waals surface area contributed by atoms with Crippen LogP contribution in [0.1, 0.15) is 41.4 Å². The van der Waals surface area contributed by atoms with Gasteiger partial charge in [0.2, 0.25) is 0 Å². The third-order valence-electron chi connectivity index (χ3n) is 5.68. The number of aromatic nitrogens is 1. The number of benzene rings is 2. The molecular formula is C24H27N3O2. The molecule has 4 rings (SSSR count). The molecule has 0 spiro atoms. The summed E-state index contributed by atoms with van der Waals surface area (Å²) in [7, 11) is 1.68. The van der Waals surface area contributed by atoms with E-state index in [1.54, 1.807) is 13.3 Å². The molecule has 2 aromatic carbocycles. The molecule has 1 aromatic heterocycles. The molecule has 3 aromatic rings. The van der Waals surface area contributed by atoms with E-state index < -0.39 is 0 Å². The maximum absolute atomic E-state index is 13.0. The highest BCUT2D eigenvalue weighted by atomic mass is 16.5. The Balaban J connectivity index is 1.54. The first-order valence-electron chi connectivity index (χ1n) is 10.3. The third-order valence-corrected chi connectivity index (χ3v) is 5.68. The lowest BCUT2D eigenvalue weighted by Crippen LogP contribution is -2.40. The number of pyridine rings is 1. The van der Waals surface area contributed by atoms with E-state index in [1.807, 2.05) is 42.5 Å². The number of piperidine rings is 1. The van der Waals surface area contributed by atoms with E-state index in [-0.39, 0.29) is 11.9 Å². The highest BCUT2D eigenvalue weighted by Gasteiger charge is 2.23. The van der Waals surface area contributed by atoms with Crippen molar-refractivity contribution in [2.75, 3.05) is 26.7 Å². The first-order chi connectivity index (χ1) is 14.3. The Morgan fingerprint density at radius 3 is 2.59 bits per heavy atom. The first kappa shape index (κ1) is 19.4. The molecule has 2 heterocycles. The zero-order valence-electron chi connectivity index (χ0n) is 16.8. The van der Waals surface area contributed by atoms with E-state index in [0.717, 1.165) is 29.6 Å². The zero-order valence-corrected chi connectivity index (χ0v) is 16.8. The molecule has 29 heavy (non-hydrogen) atoms. The zero-order chi connectivity index (χ0) is 20.1. The van der Waals surface area contributed by atoms with Crippen molar-refractivity contribution in [3.05, 3.63) is 72.1 Å². The number of hydrogen-bond donors (Lipinski definition) is 1. The SMILES string of the molecule is COc1ccc(C(CNC(=O)c2nccc3ccccc23)N2CCCCC2)cc1. The van der Waals surface area contributed by atoms with Crippen molar-refractivity contribution in [1.82, 2.24) is 15.2 Å². The van der Waals surface area contributed by atoms with Crippen LogP contribution in [0.4, 0.5) is 0 Å². The second-order valence-electron chi connectivity index (χ2n) is 7.48. The predicted octanol–water partition coefficient (Wildman–Crippen LogP) is 4.20. The summed E-state index contributed by atoms with van der Waals surface area (Å²) < 4.78 is 5.30. The molecule has 0 aliphatic carbocycles. The second-order valence-corrected chi connectivity index (χ2v) is 7.48. The van der Waals surface area contributed by atoms with E-state index in [1.165, 1.54) is 24.8 Å². The number of ether oxygens (including phenoxy) is 1. The highest BCUT2D eigenvalue weighted by Crippen LogP contribution is 2.26. The van der Waals surface area contributed by atoms with Gasteiger partial charge in [0, 0.05) is 18.1 Å². The van der Waals surface area contributed by atoms with Crippen LogP contribution in [0, 0.1) is 0 Å². The van der Waals surface area contributed by atoms with Gasteiger partial charge < -0.3 is 10.1 Å². The topological polar surface area (TPSA) is 54.5 Å². The Labute approximate surface area is 171 Å². The molecule has 0 bridgehead atoms. The Morgan fingerprint density at radius 1 is 1.07 bits per heavy atom. The number of nitrogens with zero attached hydrogens (tertiary/aromatic N) is 2. The summed E-state index contributed by atoms with van der Waals surface area (Å²) in [5, 5.41) is 5.05. The van der Waals surface area contributed by atoms with Crippen LogP contribution in [-0.4, -0.2) is 42.5 Å². The third kappa shape index (κ3) is 4.40. The van der Waals surface area contributed by atoms with Crippen LogP contribution in [0.25, 0.3) is 10.8 Å². The summed E-state index contributed by atoms with van der Waals surface area (Å²) in [6, 6.07) is 18.1. The molecular weight excluding hydrogens is 362 g/mol. The summed E-state index contributed by atoms with van der Waals surface area (Å²) in [5.74, 6) is 0.715. The fraction of sp³-hybridized carbons (Fsp3) is 0.333. The normalized spacial score (nSPS) is 15.8. The molecule has 0 saturated carbocycles. The molecule has 1 N–H and O–H groups in total. The number of methoxy groups -OCH3 is 1. The van der Waals surface area contributed by atoms with Crippen molar-refractivity contribution in [3.8, 4) is 5.75 Å². The average Bonchev–Trinajstić information content (AvgIpc) is 2.80. The summed E-state index contributed by atoms with van der Waals surface area (Å²) in [6.45, 7) is 2.66. The van der Waals surface area contributed by atoms with Crippen molar-refractivity contribution in [2.45, 2.75) is 25.3 Å². The number of carbonyl (C=O) groups is 1. The fourth-order valence-electron chi connectivity index (χ4n) is 4.09. The minimum atomic E-state index is -0.127. The van der Waals surface area contributed by atoms with Gasteiger partial charge in [-0.1, -0.05) is 42.8 Å². The molecule has 1 saturated heterocycles. The maximum Gasteiger partial charge on any atom is 0.270 e. The number of hydrogen-bond acceptors (Lipinski definition) is 4. The van der Waals surface area contributed by atoms with Crippen molar-refractivity contribution in [2.24, 2.45) is 0 Å². The molecule has 1 fully saturated rings. The molecule has 1 unspecified atom stereocenters. The van der Waals surface area contributed by atoms with Gasteiger partial charge in [-0.3, -0.25) is 14.7 Å². The number of rotatable bonds is 6. The largest absolute Gasteiger partial charge is 0.497 e. The van der Waals surface area contributed by atoms with Crippen LogP contribution in [0.15, 0.2) is 60.8 Å². The summed E-state index contributed by atoms with van der Waals surface area (Å²) >= 11 is 0. The Morgan fingerprint density at radius 2 is 1.83 bits per heavy atom. The predicted molar refractivity (Wildman–Crippen MR) is 115 cm³/mol. The van der Waals surface area contributed by atoms with Gasteiger partial charge in [-0.25, -0.2) is 0 Å². The van der Waals surface area contributed by atoms with Gasteiger partial charge in [0.05, 0.1) is 13.2 Å². The van der Waals surface area contributed by atoms with Crippen LogP contribution in [0.3, 0.4) is 0 Å². The summed E-state index contributed by atoms with van der Waals surface area (Å²) in [6.07, 6.45) is 5.37. The molecule has 1 aliphatic heterocycles. The maximum atomic E-state index is 13.0. The second kappa shape index (κ2) is 9.05. The molecule has 1 atom stereocenters. The summed E-state index contributed by atoms with van der Waals surface area (Å²) in [5.41, 5.74) is 1.68. The minimum Gasteiger partial charge on any atom is -0.497 e. The molecule has 5 heteroatoms. The first-order valence-corrected chi connectivity index (χ1v) is 10.3. The van der Waals surface area contributed by atoms with E-state index in [9.17, 15) is 4.79 Å².